The number of nitrogens with zero attached hydrogens (tertiary/aromatic N) is 1. The van der Waals surface area contributed by atoms with Gasteiger partial charge in [-0.1, -0.05) is 41.6 Å². The lowest BCUT2D eigenvalue weighted by Crippen LogP contribution is -2.26. The van der Waals surface area contributed by atoms with E-state index in [1.54, 1.807) is 12.1 Å². The Balaban J connectivity index is 1.88. The number of phenols is 1. The smallest absolute Gasteiger partial charge is 0.408 e. The van der Waals surface area contributed by atoms with E-state index in [2.05, 4.69) is 10.5 Å². The minimum atomic E-state index is -0.521. The minimum absolute atomic E-state index is 0.0860. The van der Waals surface area contributed by atoms with Crippen LogP contribution in [0, 0.1) is 0 Å². The quantitative estimate of drug-likeness (QED) is 0.670. The normalized spacial score (nSPS) is 17.7. The Morgan fingerprint density at radius 1 is 1.23 bits per heavy atom. The molecule has 0 saturated carbocycles. The summed E-state index contributed by atoms with van der Waals surface area (Å²) in [6, 6.07) is 15.6. The van der Waals surface area contributed by atoms with Crippen LogP contribution < -0.4 is 10.2 Å². The van der Waals surface area contributed by atoms with Gasteiger partial charge in [0.05, 0.1) is 6.54 Å². The minimum Gasteiger partial charge on any atom is -0.508 e. The Hall–Kier alpha value is -3.02. The second kappa shape index (κ2) is 6.17. The van der Waals surface area contributed by atoms with E-state index in [1.165, 1.54) is 12.1 Å². The van der Waals surface area contributed by atoms with Gasteiger partial charge in [0, 0.05) is 11.6 Å². The van der Waals surface area contributed by atoms with Crippen LogP contribution in [-0.2, 0) is 4.74 Å². The molecule has 0 radical (unpaired) electrons. The predicted octanol–water partition coefficient (Wildman–Crippen LogP) is 2.28. The summed E-state index contributed by atoms with van der Waals surface area (Å²) in [6.07, 6.45) is -1.00. The van der Waals surface area contributed by atoms with E-state index in [4.69, 9.17) is 9.57 Å². The van der Waals surface area contributed by atoms with Gasteiger partial charge in [-0.05, 0) is 12.1 Å². The molecule has 2 aromatic rings. The van der Waals surface area contributed by atoms with E-state index in [9.17, 15) is 9.90 Å². The van der Waals surface area contributed by atoms with Crippen LogP contribution >= 0.6 is 0 Å². The topological polar surface area (TPSA) is 80.2 Å². The van der Waals surface area contributed by atoms with Gasteiger partial charge >= 0.3 is 6.09 Å². The van der Waals surface area contributed by atoms with Gasteiger partial charge in [-0.25, -0.2) is 4.79 Å². The number of hydrogen-bond donors (Lipinski definition) is 2. The molecule has 0 aliphatic carbocycles. The number of aromatic hydroxyl groups is 1. The molecule has 22 heavy (non-hydrogen) atoms. The zero-order valence-electron chi connectivity index (χ0n) is 11.6. The van der Waals surface area contributed by atoms with Gasteiger partial charge in [-0.2, -0.15) is 0 Å². The van der Waals surface area contributed by atoms with Gasteiger partial charge in [0.25, 0.3) is 0 Å². The van der Waals surface area contributed by atoms with Crippen LogP contribution in [-0.4, -0.2) is 29.6 Å². The number of carbonyl (C=O) groups excluding carboxylic acids is 1. The molecule has 1 aliphatic heterocycles. The highest BCUT2D eigenvalue weighted by Crippen LogP contribution is 2.19. The second-order valence-corrected chi connectivity index (χ2v) is 4.71. The molecular weight excluding hydrogens is 284 g/mol. The number of cyclic esters (lactones) is 1. The number of alkyl carbamates (subject to hydrolysis) is 1. The first-order valence-corrected chi connectivity index (χ1v) is 6.76. The van der Waals surface area contributed by atoms with Crippen molar-refractivity contribution in [3.63, 3.8) is 0 Å². The fourth-order valence-corrected chi connectivity index (χ4v) is 2.09. The summed E-state index contributed by atoms with van der Waals surface area (Å²) in [7, 11) is 0. The maximum atomic E-state index is 11.2. The van der Waals surface area contributed by atoms with Gasteiger partial charge < -0.3 is 20.0 Å². The number of oxime groups is 1. The van der Waals surface area contributed by atoms with Crippen molar-refractivity contribution in [1.82, 2.24) is 5.32 Å². The molecule has 1 fully saturated rings. The van der Waals surface area contributed by atoms with Gasteiger partial charge in [0.2, 0.25) is 0 Å². The standard InChI is InChI=1S/C16H14N2O4/c19-12-7-4-8-13(9-12)22-18-15(11-5-2-1-3-6-11)14-10-17-16(20)21-14/h1-9,14,19H,10H2,(H,17,20)/b18-15-. The highest BCUT2D eigenvalue weighted by atomic mass is 16.6. The SMILES string of the molecule is O=C1NCC(/C(=N\Oc2cccc(O)c2)c2ccccc2)O1. The first kappa shape index (κ1) is 13.9. The fourth-order valence-electron chi connectivity index (χ4n) is 2.09. The maximum absolute atomic E-state index is 11.2. The van der Waals surface area contributed by atoms with Crippen molar-refractivity contribution in [1.29, 1.82) is 0 Å². The number of ether oxygens (including phenoxy) is 1. The predicted molar refractivity (Wildman–Crippen MR) is 80.0 cm³/mol. The molecule has 1 unspecified atom stereocenters. The number of phenolic OH excluding ortho intramolecular Hbond substituents is 1. The van der Waals surface area contributed by atoms with E-state index in [0.717, 1.165) is 5.56 Å². The van der Waals surface area contributed by atoms with Crippen molar-refractivity contribution < 1.29 is 19.5 Å². The number of rotatable bonds is 4. The molecule has 1 amide bonds. The second-order valence-electron chi connectivity index (χ2n) is 4.71. The van der Waals surface area contributed by atoms with E-state index >= 15 is 0 Å². The van der Waals surface area contributed by atoms with Crippen LogP contribution in [0.4, 0.5) is 4.79 Å². The summed E-state index contributed by atoms with van der Waals surface area (Å²) in [5.41, 5.74) is 1.30. The molecule has 2 N–H and O–H groups in total. The Kier molecular flexibility index (Phi) is 3.91. The third-order valence-electron chi connectivity index (χ3n) is 3.12. The van der Waals surface area contributed by atoms with Crippen LogP contribution in [0.3, 0.4) is 0 Å². The summed E-state index contributed by atoms with van der Waals surface area (Å²) >= 11 is 0. The zero-order valence-corrected chi connectivity index (χ0v) is 11.6. The van der Waals surface area contributed by atoms with Crippen LogP contribution in [0.15, 0.2) is 59.8 Å². The molecule has 1 atom stereocenters. The Labute approximate surface area is 127 Å². The van der Waals surface area contributed by atoms with Crippen LogP contribution in [0.2, 0.25) is 0 Å². The first-order chi connectivity index (χ1) is 10.7. The van der Waals surface area contributed by atoms with Crippen LogP contribution in [0.1, 0.15) is 5.56 Å². The van der Waals surface area contributed by atoms with Crippen molar-refractivity contribution in [2.75, 3.05) is 6.54 Å². The average molecular weight is 298 g/mol. The van der Waals surface area contributed by atoms with Gasteiger partial charge in [-0.3, -0.25) is 0 Å². The monoisotopic (exact) mass is 298 g/mol. The molecular formula is C16H14N2O4. The third-order valence-corrected chi connectivity index (χ3v) is 3.12. The first-order valence-electron chi connectivity index (χ1n) is 6.76. The highest BCUT2D eigenvalue weighted by Gasteiger charge is 2.29. The largest absolute Gasteiger partial charge is 0.508 e. The molecule has 1 heterocycles. The number of amides is 1. The summed E-state index contributed by atoms with van der Waals surface area (Å²) < 4.78 is 5.18. The molecule has 0 spiro atoms. The number of hydrogen-bond acceptors (Lipinski definition) is 5. The third kappa shape index (κ3) is 3.17. The lowest BCUT2D eigenvalue weighted by atomic mass is 10.1. The number of benzene rings is 2. The number of carbonyl (C=O) groups is 1. The molecule has 0 aromatic heterocycles. The average Bonchev–Trinajstić information content (AvgIpc) is 2.95. The lowest BCUT2D eigenvalue weighted by Gasteiger charge is -2.11. The zero-order chi connectivity index (χ0) is 15.4. The Bertz CT molecular complexity index is 700. The molecule has 3 rings (SSSR count). The molecule has 6 heteroatoms. The number of nitrogens with one attached hydrogen (secondary N) is 1. The molecule has 2 aromatic carbocycles. The fraction of sp³-hybridized carbons (Fsp3) is 0.125. The molecule has 0 bridgehead atoms. The van der Waals surface area contributed by atoms with Crippen molar-refractivity contribution in [2.24, 2.45) is 5.16 Å². The van der Waals surface area contributed by atoms with Crippen molar-refractivity contribution in [2.45, 2.75) is 6.10 Å². The van der Waals surface area contributed by atoms with Crippen LogP contribution in [0.25, 0.3) is 0 Å². The van der Waals surface area contributed by atoms with E-state index in [1.807, 2.05) is 30.3 Å². The van der Waals surface area contributed by atoms with Gasteiger partial charge in [-0.15, -0.1) is 0 Å². The highest BCUT2D eigenvalue weighted by molar-refractivity contribution is 6.05. The van der Waals surface area contributed by atoms with Crippen LogP contribution in [0.5, 0.6) is 11.5 Å². The van der Waals surface area contributed by atoms with E-state index < -0.39 is 12.2 Å². The Morgan fingerprint density at radius 2 is 2.05 bits per heavy atom. The summed E-state index contributed by atoms with van der Waals surface area (Å²) in [5.74, 6) is 0.480. The summed E-state index contributed by atoms with van der Waals surface area (Å²) in [5, 5.41) is 16.1. The molecule has 1 aliphatic rings. The molecule has 6 nitrogen and oxygen atoms in total. The molecule has 1 saturated heterocycles. The maximum Gasteiger partial charge on any atom is 0.408 e. The molecule has 112 valence electrons. The van der Waals surface area contributed by atoms with E-state index in [0.29, 0.717) is 18.0 Å². The van der Waals surface area contributed by atoms with Crippen molar-refractivity contribution >= 4 is 11.8 Å². The van der Waals surface area contributed by atoms with Gasteiger partial charge in [0.1, 0.15) is 11.5 Å². The van der Waals surface area contributed by atoms with Crippen molar-refractivity contribution in [3.05, 3.63) is 60.2 Å². The van der Waals surface area contributed by atoms with Gasteiger partial charge in [0.15, 0.2) is 11.9 Å². The lowest BCUT2D eigenvalue weighted by molar-refractivity contribution is 0.163. The van der Waals surface area contributed by atoms with Crippen molar-refractivity contribution in [3.8, 4) is 11.5 Å². The summed E-state index contributed by atoms with van der Waals surface area (Å²) in [4.78, 5) is 16.6. The summed E-state index contributed by atoms with van der Waals surface area (Å²) in [6.45, 7) is 0.329. The Morgan fingerprint density at radius 3 is 2.73 bits per heavy atom. The van der Waals surface area contributed by atoms with E-state index in [-0.39, 0.29) is 5.75 Å².